The number of rotatable bonds is 2. The summed E-state index contributed by atoms with van der Waals surface area (Å²) in [5.74, 6) is 0.341. The van der Waals surface area contributed by atoms with E-state index >= 15 is 0 Å². The quantitative estimate of drug-likeness (QED) is 0.672. The summed E-state index contributed by atoms with van der Waals surface area (Å²) in [6.45, 7) is 2.79. The summed E-state index contributed by atoms with van der Waals surface area (Å²) in [6, 6.07) is 8.28. The Morgan fingerprint density at radius 1 is 0.938 bits per heavy atom. The first-order valence-corrected chi connectivity index (χ1v) is 12.6. The van der Waals surface area contributed by atoms with Crippen LogP contribution in [-0.2, 0) is 32.6 Å². The van der Waals surface area contributed by atoms with Crippen LogP contribution in [0.25, 0.3) is 0 Å². The van der Waals surface area contributed by atoms with Crippen molar-refractivity contribution in [2.45, 2.75) is 25.8 Å². The van der Waals surface area contributed by atoms with Crippen LogP contribution in [0.15, 0.2) is 52.6 Å². The highest BCUT2D eigenvalue weighted by Gasteiger charge is 2.33. The maximum absolute atomic E-state index is 13.1. The third kappa shape index (κ3) is 4.09. The predicted molar refractivity (Wildman–Crippen MR) is 120 cm³/mol. The molecule has 0 aromatic heterocycles. The number of amidine groups is 1. The maximum atomic E-state index is 13.1. The molecule has 2 amide bonds. The molecular formula is C23H26N4O4S. The Morgan fingerprint density at radius 2 is 1.69 bits per heavy atom. The van der Waals surface area contributed by atoms with Crippen molar-refractivity contribution in [1.82, 2.24) is 14.7 Å². The zero-order chi connectivity index (χ0) is 22.3. The first-order chi connectivity index (χ1) is 15.4. The zero-order valence-electron chi connectivity index (χ0n) is 17.8. The summed E-state index contributed by atoms with van der Waals surface area (Å²) in [6.07, 6.45) is 7.10. The standard InChI is InChI=1S/C23H26N4O4S/c28-22(27-12-7-17-3-1-2-4-19(17)15-27)18-8-10-25(11-9-18)23(29)20-5-6-21-24-32(30,31)14-13-26(21)16-20/h1-6,16,18H,7-15H2. The molecule has 9 heteroatoms. The fourth-order valence-corrected chi connectivity index (χ4v) is 5.75. The highest BCUT2D eigenvalue weighted by molar-refractivity contribution is 7.90. The Bertz CT molecular complexity index is 1150. The summed E-state index contributed by atoms with van der Waals surface area (Å²) in [5, 5.41) is 0. The Kier molecular flexibility index (Phi) is 5.36. The number of benzene rings is 1. The highest BCUT2D eigenvalue weighted by Crippen LogP contribution is 2.26. The van der Waals surface area contributed by atoms with E-state index < -0.39 is 10.0 Å². The molecule has 4 heterocycles. The van der Waals surface area contributed by atoms with Gasteiger partial charge in [-0.05, 0) is 42.5 Å². The Morgan fingerprint density at radius 3 is 2.47 bits per heavy atom. The van der Waals surface area contributed by atoms with Crippen LogP contribution in [0.2, 0.25) is 0 Å². The second-order valence-corrected chi connectivity index (χ2v) is 10.4. The Balaban J connectivity index is 1.18. The number of likely N-dealkylation sites (tertiary alicyclic amines) is 1. The second kappa shape index (κ2) is 8.20. The summed E-state index contributed by atoms with van der Waals surface area (Å²) in [4.78, 5) is 31.5. The van der Waals surface area contributed by atoms with Crippen LogP contribution < -0.4 is 0 Å². The van der Waals surface area contributed by atoms with Gasteiger partial charge in [0.2, 0.25) is 5.91 Å². The molecule has 0 atom stereocenters. The number of sulfonamides is 1. The number of carbonyl (C=O) groups excluding carboxylic acids is 2. The topological polar surface area (TPSA) is 90.4 Å². The number of piperidine rings is 1. The van der Waals surface area contributed by atoms with Gasteiger partial charge in [0.1, 0.15) is 5.84 Å². The molecule has 0 radical (unpaired) electrons. The molecule has 0 saturated carbocycles. The summed E-state index contributed by atoms with van der Waals surface area (Å²) >= 11 is 0. The first kappa shape index (κ1) is 20.9. The lowest BCUT2D eigenvalue weighted by atomic mass is 9.92. The van der Waals surface area contributed by atoms with Crippen LogP contribution in [0, 0.1) is 5.92 Å². The molecule has 32 heavy (non-hydrogen) atoms. The van der Waals surface area contributed by atoms with Gasteiger partial charge >= 0.3 is 0 Å². The normalized spacial score (nSPS) is 22.6. The monoisotopic (exact) mass is 454 g/mol. The van der Waals surface area contributed by atoms with E-state index in [0.717, 1.165) is 13.0 Å². The molecule has 0 N–H and O–H groups in total. The number of amides is 2. The molecule has 0 spiro atoms. The van der Waals surface area contributed by atoms with E-state index in [4.69, 9.17) is 0 Å². The molecule has 8 nitrogen and oxygen atoms in total. The summed E-state index contributed by atoms with van der Waals surface area (Å²) < 4.78 is 27.1. The molecule has 1 fully saturated rings. The van der Waals surface area contributed by atoms with Crippen molar-refractivity contribution in [1.29, 1.82) is 0 Å². The summed E-state index contributed by atoms with van der Waals surface area (Å²) in [5.41, 5.74) is 3.06. The van der Waals surface area contributed by atoms with Crippen molar-refractivity contribution >= 4 is 27.7 Å². The number of hydrogen-bond donors (Lipinski definition) is 0. The largest absolute Gasteiger partial charge is 0.339 e. The third-order valence-corrected chi connectivity index (χ3v) is 7.81. The van der Waals surface area contributed by atoms with Gasteiger partial charge in [0, 0.05) is 44.8 Å². The lowest BCUT2D eigenvalue weighted by Gasteiger charge is -2.36. The first-order valence-electron chi connectivity index (χ1n) is 11.0. The van der Waals surface area contributed by atoms with E-state index in [1.807, 2.05) is 17.0 Å². The van der Waals surface area contributed by atoms with Crippen molar-refractivity contribution < 1.29 is 18.0 Å². The number of nitrogens with zero attached hydrogens (tertiary/aromatic N) is 4. The fraction of sp³-hybridized carbons (Fsp3) is 0.435. The van der Waals surface area contributed by atoms with Crippen molar-refractivity contribution in [3.05, 3.63) is 59.3 Å². The SMILES string of the molecule is O=C(C1=CN2CCS(=O)(=O)N=C2C=C1)N1CCC(C(=O)N2CCc3ccccc3C2)CC1. The van der Waals surface area contributed by atoms with Gasteiger partial charge in [-0.2, -0.15) is 0 Å². The van der Waals surface area contributed by atoms with Crippen LogP contribution >= 0.6 is 0 Å². The van der Waals surface area contributed by atoms with Gasteiger partial charge in [-0.1, -0.05) is 24.3 Å². The molecule has 0 aliphatic carbocycles. The molecule has 4 aliphatic rings. The molecule has 1 aromatic carbocycles. The van der Waals surface area contributed by atoms with E-state index in [1.54, 1.807) is 28.2 Å². The minimum Gasteiger partial charge on any atom is -0.339 e. The average molecular weight is 455 g/mol. The number of carbonyl (C=O) groups is 2. The van der Waals surface area contributed by atoms with Crippen molar-refractivity contribution in [3.63, 3.8) is 0 Å². The zero-order valence-corrected chi connectivity index (χ0v) is 18.6. The number of hydrogen-bond acceptors (Lipinski definition) is 5. The van der Waals surface area contributed by atoms with Gasteiger partial charge in [0.15, 0.2) is 0 Å². The van der Waals surface area contributed by atoms with Gasteiger partial charge in [0.05, 0.1) is 11.3 Å². The maximum Gasteiger partial charge on any atom is 0.256 e. The molecule has 168 valence electrons. The Labute approximate surface area is 187 Å². The van der Waals surface area contributed by atoms with Crippen LogP contribution in [0.3, 0.4) is 0 Å². The van der Waals surface area contributed by atoms with Gasteiger partial charge in [-0.3, -0.25) is 9.59 Å². The van der Waals surface area contributed by atoms with Crippen molar-refractivity contribution in [3.8, 4) is 0 Å². The average Bonchev–Trinajstić information content (AvgIpc) is 2.82. The second-order valence-electron chi connectivity index (χ2n) is 8.69. The van der Waals surface area contributed by atoms with Gasteiger partial charge in [-0.15, -0.1) is 4.40 Å². The lowest BCUT2D eigenvalue weighted by molar-refractivity contribution is -0.140. The van der Waals surface area contributed by atoms with E-state index in [0.29, 0.717) is 43.9 Å². The Hall–Kier alpha value is -2.94. The summed E-state index contributed by atoms with van der Waals surface area (Å²) in [7, 11) is -3.42. The van der Waals surface area contributed by atoms with E-state index in [1.165, 1.54) is 11.1 Å². The van der Waals surface area contributed by atoms with Crippen LogP contribution in [0.1, 0.15) is 24.0 Å². The molecule has 0 bridgehead atoms. The molecule has 1 aromatic rings. The molecule has 1 saturated heterocycles. The molecule has 5 rings (SSSR count). The van der Waals surface area contributed by atoms with Gasteiger partial charge in [-0.25, -0.2) is 8.42 Å². The smallest absolute Gasteiger partial charge is 0.256 e. The van der Waals surface area contributed by atoms with Crippen molar-refractivity contribution in [2.75, 3.05) is 31.9 Å². The minimum atomic E-state index is -3.42. The van der Waals surface area contributed by atoms with Crippen LogP contribution in [-0.4, -0.2) is 72.7 Å². The fourth-order valence-electron chi connectivity index (χ4n) is 4.78. The number of fused-ring (bicyclic) bond motifs is 2. The molecule has 0 unspecified atom stereocenters. The van der Waals surface area contributed by atoms with Gasteiger partial charge < -0.3 is 14.7 Å². The molecular weight excluding hydrogens is 428 g/mol. The van der Waals surface area contributed by atoms with Crippen LogP contribution in [0.4, 0.5) is 0 Å². The lowest BCUT2D eigenvalue weighted by Crippen LogP contribution is -2.46. The molecule has 4 aliphatic heterocycles. The van der Waals surface area contributed by atoms with E-state index in [-0.39, 0.29) is 30.0 Å². The minimum absolute atomic E-state index is 0.0498. The predicted octanol–water partition coefficient (Wildman–Crippen LogP) is 1.31. The van der Waals surface area contributed by atoms with Gasteiger partial charge in [0.25, 0.3) is 15.9 Å². The van der Waals surface area contributed by atoms with E-state index in [2.05, 4.69) is 16.5 Å². The van der Waals surface area contributed by atoms with Crippen molar-refractivity contribution in [2.24, 2.45) is 10.3 Å². The third-order valence-electron chi connectivity index (χ3n) is 6.64. The highest BCUT2D eigenvalue weighted by atomic mass is 32.2. The van der Waals surface area contributed by atoms with Crippen LogP contribution in [0.5, 0.6) is 0 Å². The van der Waals surface area contributed by atoms with E-state index in [9.17, 15) is 18.0 Å².